The Bertz CT molecular complexity index is 745. The lowest BCUT2D eigenvalue weighted by atomic mass is 10.2. The molecule has 0 atom stereocenters. The molecule has 0 saturated heterocycles. The molecular formula is C16H13BrF2N2O2. The number of hydrogen-bond donors (Lipinski definition) is 2. The van der Waals surface area contributed by atoms with E-state index in [2.05, 4.69) is 26.6 Å². The van der Waals surface area contributed by atoms with Crippen LogP contribution < -0.4 is 10.6 Å². The van der Waals surface area contributed by atoms with E-state index in [1.165, 1.54) is 0 Å². The molecule has 0 saturated carbocycles. The van der Waals surface area contributed by atoms with Gasteiger partial charge in [0.2, 0.25) is 5.91 Å². The van der Waals surface area contributed by atoms with Crippen molar-refractivity contribution in [3.05, 3.63) is 63.6 Å². The van der Waals surface area contributed by atoms with Gasteiger partial charge >= 0.3 is 0 Å². The zero-order valence-electron chi connectivity index (χ0n) is 12.1. The normalized spacial score (nSPS) is 10.3. The van der Waals surface area contributed by atoms with Gasteiger partial charge in [0.25, 0.3) is 5.91 Å². The zero-order chi connectivity index (χ0) is 17.0. The van der Waals surface area contributed by atoms with Gasteiger partial charge in [0, 0.05) is 21.8 Å². The van der Waals surface area contributed by atoms with E-state index in [-0.39, 0.29) is 12.1 Å². The van der Waals surface area contributed by atoms with E-state index in [0.29, 0.717) is 11.8 Å². The lowest BCUT2D eigenvalue weighted by molar-refractivity contribution is -0.115. The molecular weight excluding hydrogens is 370 g/mol. The molecule has 0 radical (unpaired) electrons. The Kier molecular flexibility index (Phi) is 5.44. The topological polar surface area (TPSA) is 58.2 Å². The summed E-state index contributed by atoms with van der Waals surface area (Å²) < 4.78 is 27.0. The van der Waals surface area contributed by atoms with Crippen LogP contribution in [0.25, 0.3) is 0 Å². The molecule has 4 nitrogen and oxygen atoms in total. The molecule has 0 fully saturated rings. The Morgan fingerprint density at radius 3 is 2.35 bits per heavy atom. The third kappa shape index (κ3) is 4.85. The summed E-state index contributed by atoms with van der Waals surface area (Å²) in [6.07, 6.45) is 0. The lowest BCUT2D eigenvalue weighted by Crippen LogP contribution is -2.33. The highest BCUT2D eigenvalue weighted by atomic mass is 79.9. The SMILES string of the molecule is Cc1cc(Br)ccc1NC(=O)CNC(=O)c1cc(F)cc(F)c1. The number of benzene rings is 2. The standard InChI is InChI=1S/C16H13BrF2N2O2/c1-9-4-11(17)2-3-14(9)21-15(22)8-20-16(23)10-5-12(18)7-13(19)6-10/h2-7H,8H2,1H3,(H,20,23)(H,21,22). The van der Waals surface area contributed by atoms with Crippen molar-refractivity contribution < 1.29 is 18.4 Å². The molecule has 2 aromatic rings. The van der Waals surface area contributed by atoms with Crippen LogP contribution in [-0.4, -0.2) is 18.4 Å². The van der Waals surface area contributed by atoms with Crippen LogP contribution in [0.1, 0.15) is 15.9 Å². The molecule has 2 rings (SSSR count). The maximum absolute atomic E-state index is 13.0. The summed E-state index contributed by atoms with van der Waals surface area (Å²) in [4.78, 5) is 23.6. The predicted molar refractivity (Wildman–Crippen MR) is 86.2 cm³/mol. The molecule has 2 amide bonds. The molecule has 0 aliphatic heterocycles. The van der Waals surface area contributed by atoms with Crippen LogP contribution in [0.4, 0.5) is 14.5 Å². The van der Waals surface area contributed by atoms with E-state index in [1.807, 2.05) is 13.0 Å². The molecule has 7 heteroatoms. The van der Waals surface area contributed by atoms with Crippen LogP contribution in [-0.2, 0) is 4.79 Å². The fourth-order valence-corrected chi connectivity index (χ4v) is 2.38. The van der Waals surface area contributed by atoms with E-state index in [4.69, 9.17) is 0 Å². The van der Waals surface area contributed by atoms with Crippen LogP contribution in [0.15, 0.2) is 40.9 Å². The first kappa shape index (κ1) is 17.1. The van der Waals surface area contributed by atoms with Crippen molar-refractivity contribution in [2.45, 2.75) is 6.92 Å². The second kappa shape index (κ2) is 7.32. The van der Waals surface area contributed by atoms with Gasteiger partial charge in [0.05, 0.1) is 6.54 Å². The number of hydrogen-bond acceptors (Lipinski definition) is 2. The van der Waals surface area contributed by atoms with Gasteiger partial charge in [-0.2, -0.15) is 0 Å². The molecule has 0 aromatic heterocycles. The molecule has 2 aromatic carbocycles. The molecule has 0 aliphatic rings. The van der Waals surface area contributed by atoms with Gasteiger partial charge in [-0.05, 0) is 42.8 Å². The van der Waals surface area contributed by atoms with Crippen molar-refractivity contribution in [2.75, 3.05) is 11.9 Å². The highest BCUT2D eigenvalue weighted by Crippen LogP contribution is 2.19. The molecule has 0 unspecified atom stereocenters. The molecule has 23 heavy (non-hydrogen) atoms. The summed E-state index contributed by atoms with van der Waals surface area (Å²) in [6.45, 7) is 1.51. The molecule has 0 heterocycles. The van der Waals surface area contributed by atoms with Gasteiger partial charge in [-0.25, -0.2) is 8.78 Å². The summed E-state index contributed by atoms with van der Waals surface area (Å²) in [6, 6.07) is 7.80. The van der Waals surface area contributed by atoms with Crippen molar-refractivity contribution in [2.24, 2.45) is 0 Å². The van der Waals surface area contributed by atoms with E-state index < -0.39 is 23.4 Å². The Labute approximate surface area is 140 Å². The Morgan fingerprint density at radius 1 is 1.09 bits per heavy atom. The molecule has 120 valence electrons. The second-order valence-electron chi connectivity index (χ2n) is 4.85. The fourth-order valence-electron chi connectivity index (χ4n) is 1.91. The second-order valence-corrected chi connectivity index (χ2v) is 5.76. The summed E-state index contributed by atoms with van der Waals surface area (Å²) in [5.74, 6) is -2.89. The molecule has 0 bridgehead atoms. The number of rotatable bonds is 4. The number of aryl methyl sites for hydroxylation is 1. The number of anilines is 1. The first-order chi connectivity index (χ1) is 10.8. The monoisotopic (exact) mass is 382 g/mol. The zero-order valence-corrected chi connectivity index (χ0v) is 13.7. The third-order valence-electron chi connectivity index (χ3n) is 3.00. The van der Waals surface area contributed by atoms with E-state index in [9.17, 15) is 18.4 Å². The summed E-state index contributed by atoms with van der Waals surface area (Å²) in [7, 11) is 0. The lowest BCUT2D eigenvalue weighted by Gasteiger charge is -2.10. The van der Waals surface area contributed by atoms with Gasteiger partial charge < -0.3 is 10.6 Å². The quantitative estimate of drug-likeness (QED) is 0.851. The maximum Gasteiger partial charge on any atom is 0.251 e. The molecule has 0 aliphatic carbocycles. The minimum Gasteiger partial charge on any atom is -0.343 e. The fraction of sp³-hybridized carbons (Fsp3) is 0.125. The van der Waals surface area contributed by atoms with Crippen molar-refractivity contribution in [1.82, 2.24) is 5.32 Å². The number of nitrogens with one attached hydrogen (secondary N) is 2. The van der Waals surface area contributed by atoms with Crippen molar-refractivity contribution in [3.63, 3.8) is 0 Å². The molecule has 2 N–H and O–H groups in total. The van der Waals surface area contributed by atoms with Crippen LogP contribution in [0.3, 0.4) is 0 Å². The third-order valence-corrected chi connectivity index (χ3v) is 3.49. The average Bonchev–Trinajstić information content (AvgIpc) is 2.46. The first-order valence-electron chi connectivity index (χ1n) is 6.65. The van der Waals surface area contributed by atoms with Gasteiger partial charge in [-0.1, -0.05) is 15.9 Å². The van der Waals surface area contributed by atoms with Crippen molar-refractivity contribution in [1.29, 1.82) is 0 Å². The predicted octanol–water partition coefficient (Wildman–Crippen LogP) is 3.40. The average molecular weight is 383 g/mol. The highest BCUT2D eigenvalue weighted by molar-refractivity contribution is 9.10. The Morgan fingerprint density at radius 2 is 1.74 bits per heavy atom. The Balaban J connectivity index is 1.94. The number of carbonyl (C=O) groups is 2. The minimum atomic E-state index is -0.856. The minimum absolute atomic E-state index is 0.185. The number of carbonyl (C=O) groups excluding carboxylic acids is 2. The van der Waals surface area contributed by atoms with Crippen LogP contribution in [0.2, 0.25) is 0 Å². The van der Waals surface area contributed by atoms with Gasteiger partial charge in [0.15, 0.2) is 0 Å². The Hall–Kier alpha value is -2.28. The van der Waals surface area contributed by atoms with Gasteiger partial charge in [-0.15, -0.1) is 0 Å². The summed E-state index contributed by atoms with van der Waals surface area (Å²) in [5, 5.41) is 4.96. The first-order valence-corrected chi connectivity index (χ1v) is 7.45. The van der Waals surface area contributed by atoms with E-state index >= 15 is 0 Å². The van der Waals surface area contributed by atoms with Crippen molar-refractivity contribution in [3.8, 4) is 0 Å². The van der Waals surface area contributed by atoms with Crippen molar-refractivity contribution >= 4 is 33.4 Å². The maximum atomic E-state index is 13.0. The number of amides is 2. The largest absolute Gasteiger partial charge is 0.343 e. The van der Waals surface area contributed by atoms with E-state index in [1.54, 1.807) is 12.1 Å². The smallest absolute Gasteiger partial charge is 0.251 e. The highest BCUT2D eigenvalue weighted by Gasteiger charge is 2.11. The van der Waals surface area contributed by atoms with Gasteiger partial charge in [0.1, 0.15) is 11.6 Å². The molecule has 0 spiro atoms. The van der Waals surface area contributed by atoms with Gasteiger partial charge in [-0.3, -0.25) is 9.59 Å². The van der Waals surface area contributed by atoms with E-state index in [0.717, 1.165) is 22.2 Å². The van der Waals surface area contributed by atoms with Crippen LogP contribution in [0, 0.1) is 18.6 Å². The summed E-state index contributed by atoms with van der Waals surface area (Å²) >= 11 is 3.32. The van der Waals surface area contributed by atoms with Crippen LogP contribution in [0.5, 0.6) is 0 Å². The number of halogens is 3. The summed E-state index contributed by atoms with van der Waals surface area (Å²) in [5.41, 5.74) is 1.28. The van der Waals surface area contributed by atoms with Crippen LogP contribution >= 0.6 is 15.9 Å².